The molecule has 124 valence electrons. The molecule has 4 N–H and O–H groups in total. The summed E-state index contributed by atoms with van der Waals surface area (Å²) in [6.07, 6.45) is 4.22. The van der Waals surface area contributed by atoms with Crippen molar-refractivity contribution in [1.82, 2.24) is 10.6 Å². The van der Waals surface area contributed by atoms with Crippen LogP contribution in [0.25, 0.3) is 0 Å². The zero-order chi connectivity index (χ0) is 16.2. The Morgan fingerprint density at radius 2 is 1.83 bits per heavy atom. The van der Waals surface area contributed by atoms with E-state index in [1.807, 2.05) is 12.1 Å². The molecule has 0 radical (unpaired) electrons. The van der Waals surface area contributed by atoms with Crippen molar-refractivity contribution in [2.75, 3.05) is 23.7 Å². The first-order valence-electron chi connectivity index (χ1n) is 8.58. The van der Waals surface area contributed by atoms with Crippen LogP contribution in [0.5, 0.6) is 0 Å². The van der Waals surface area contributed by atoms with Crippen LogP contribution < -0.4 is 21.3 Å². The molecule has 0 saturated heterocycles. The van der Waals surface area contributed by atoms with Crippen LogP contribution in [0.2, 0.25) is 0 Å². The molecule has 4 heteroatoms. The number of hydrogen-bond acceptors (Lipinski definition) is 4. The van der Waals surface area contributed by atoms with E-state index >= 15 is 0 Å². The summed E-state index contributed by atoms with van der Waals surface area (Å²) in [7, 11) is 0. The molecule has 1 fully saturated rings. The van der Waals surface area contributed by atoms with Gasteiger partial charge in [-0.1, -0.05) is 45.1 Å². The maximum absolute atomic E-state index is 4.13. The standard InChI is InChI=1S/C19H28N4/c1-13(10-16-8-9-16)11-20-14(2)12-21-15(3)19-22-17-6-4-5-7-18(17)23-19/h4-7,13,16,19-23H,2-3,8-12H2,1H3/t13-/m0/s1. The Hall–Kier alpha value is -2.10. The van der Waals surface area contributed by atoms with Crippen LogP contribution in [0.1, 0.15) is 26.2 Å². The molecule has 0 amide bonds. The van der Waals surface area contributed by atoms with Crippen molar-refractivity contribution in [2.24, 2.45) is 11.8 Å². The minimum atomic E-state index is 0.0222. The highest BCUT2D eigenvalue weighted by molar-refractivity contribution is 5.75. The summed E-state index contributed by atoms with van der Waals surface area (Å²) in [5, 5.41) is 13.6. The van der Waals surface area contributed by atoms with Gasteiger partial charge in [0.05, 0.1) is 17.9 Å². The number of benzene rings is 1. The Bertz CT molecular complexity index is 551. The third-order valence-corrected chi connectivity index (χ3v) is 4.54. The Morgan fingerprint density at radius 3 is 2.43 bits per heavy atom. The number of rotatable bonds is 9. The van der Waals surface area contributed by atoms with Gasteiger partial charge in [-0.15, -0.1) is 0 Å². The van der Waals surface area contributed by atoms with E-state index in [1.165, 1.54) is 19.3 Å². The van der Waals surface area contributed by atoms with Gasteiger partial charge >= 0.3 is 0 Å². The molecule has 1 atom stereocenters. The maximum atomic E-state index is 4.13. The molecule has 4 nitrogen and oxygen atoms in total. The normalized spacial score (nSPS) is 17.6. The Labute approximate surface area is 139 Å². The molecule has 0 aromatic heterocycles. The largest absolute Gasteiger partial charge is 0.387 e. The molecule has 0 bridgehead atoms. The summed E-state index contributed by atoms with van der Waals surface area (Å²) in [5.41, 5.74) is 4.18. The summed E-state index contributed by atoms with van der Waals surface area (Å²) in [5.74, 6) is 1.70. The van der Waals surface area contributed by atoms with E-state index in [-0.39, 0.29) is 6.17 Å². The molecule has 1 aliphatic heterocycles. The van der Waals surface area contributed by atoms with Crippen molar-refractivity contribution >= 4 is 11.4 Å². The van der Waals surface area contributed by atoms with Gasteiger partial charge in [0.2, 0.25) is 0 Å². The molecular weight excluding hydrogens is 284 g/mol. The highest BCUT2D eigenvalue weighted by Gasteiger charge is 2.23. The van der Waals surface area contributed by atoms with Crippen molar-refractivity contribution in [1.29, 1.82) is 0 Å². The molecule has 1 aromatic carbocycles. The molecule has 2 aliphatic rings. The third kappa shape index (κ3) is 4.44. The molecule has 0 unspecified atom stereocenters. The smallest absolute Gasteiger partial charge is 0.137 e. The first kappa shape index (κ1) is 15.8. The minimum Gasteiger partial charge on any atom is -0.387 e. The number of hydrogen-bond donors (Lipinski definition) is 4. The van der Waals surface area contributed by atoms with Crippen LogP contribution in [0.3, 0.4) is 0 Å². The van der Waals surface area contributed by atoms with E-state index in [2.05, 4.69) is 53.5 Å². The average Bonchev–Trinajstić information content (AvgIpc) is 3.25. The van der Waals surface area contributed by atoms with Crippen LogP contribution in [-0.4, -0.2) is 19.3 Å². The quantitative estimate of drug-likeness (QED) is 0.564. The van der Waals surface area contributed by atoms with E-state index < -0.39 is 0 Å². The zero-order valence-electron chi connectivity index (χ0n) is 14.0. The van der Waals surface area contributed by atoms with Gasteiger partial charge in [0, 0.05) is 17.9 Å². The van der Waals surface area contributed by atoms with Crippen molar-refractivity contribution in [3.8, 4) is 0 Å². The Morgan fingerprint density at radius 1 is 1.17 bits per heavy atom. The second-order valence-electron chi connectivity index (χ2n) is 6.91. The zero-order valence-corrected chi connectivity index (χ0v) is 14.0. The highest BCUT2D eigenvalue weighted by atomic mass is 15.2. The van der Waals surface area contributed by atoms with Crippen LogP contribution >= 0.6 is 0 Å². The van der Waals surface area contributed by atoms with Crippen molar-refractivity contribution in [3.05, 3.63) is 48.8 Å². The fourth-order valence-electron chi connectivity index (χ4n) is 2.97. The van der Waals surface area contributed by atoms with Gasteiger partial charge in [0.1, 0.15) is 6.17 Å². The number of nitrogens with one attached hydrogen (secondary N) is 4. The average molecular weight is 312 g/mol. The van der Waals surface area contributed by atoms with Crippen LogP contribution in [0.4, 0.5) is 11.4 Å². The predicted molar refractivity (Wildman–Crippen MR) is 98.3 cm³/mol. The SMILES string of the molecule is C=C(CNC(=C)C1Nc2ccccc2N1)NC[C@@H](C)CC1CC1. The fourth-order valence-corrected chi connectivity index (χ4v) is 2.97. The first-order valence-corrected chi connectivity index (χ1v) is 8.58. The Kier molecular flexibility index (Phi) is 4.79. The van der Waals surface area contributed by atoms with E-state index in [4.69, 9.17) is 0 Å². The molecule has 1 heterocycles. The van der Waals surface area contributed by atoms with Gasteiger partial charge in [-0.05, 0) is 30.4 Å². The predicted octanol–water partition coefficient (Wildman–Crippen LogP) is 3.49. The van der Waals surface area contributed by atoms with E-state index in [1.54, 1.807) is 0 Å². The lowest BCUT2D eigenvalue weighted by Gasteiger charge is -2.20. The molecule has 0 spiro atoms. The molecule has 3 rings (SSSR count). The first-order chi connectivity index (χ1) is 11.1. The van der Waals surface area contributed by atoms with Crippen LogP contribution in [0.15, 0.2) is 48.8 Å². The van der Waals surface area contributed by atoms with Gasteiger partial charge in [-0.25, -0.2) is 0 Å². The summed E-state index contributed by atoms with van der Waals surface area (Å²) >= 11 is 0. The van der Waals surface area contributed by atoms with Gasteiger partial charge in [0.15, 0.2) is 0 Å². The maximum Gasteiger partial charge on any atom is 0.137 e. The third-order valence-electron chi connectivity index (χ3n) is 4.54. The highest BCUT2D eigenvalue weighted by Crippen LogP contribution is 2.35. The number of anilines is 2. The number of fused-ring (bicyclic) bond motifs is 1. The minimum absolute atomic E-state index is 0.0222. The van der Waals surface area contributed by atoms with Gasteiger partial charge in [0.25, 0.3) is 0 Å². The van der Waals surface area contributed by atoms with Gasteiger partial charge < -0.3 is 21.3 Å². The Balaban J connectivity index is 1.35. The van der Waals surface area contributed by atoms with Crippen molar-refractivity contribution in [3.63, 3.8) is 0 Å². The molecule has 1 aromatic rings. The van der Waals surface area contributed by atoms with Gasteiger partial charge in [-0.3, -0.25) is 0 Å². The monoisotopic (exact) mass is 312 g/mol. The second-order valence-corrected chi connectivity index (χ2v) is 6.91. The van der Waals surface area contributed by atoms with E-state index in [0.717, 1.165) is 41.1 Å². The fraction of sp³-hybridized carbons (Fsp3) is 0.474. The van der Waals surface area contributed by atoms with Crippen LogP contribution in [-0.2, 0) is 0 Å². The second kappa shape index (κ2) is 6.99. The van der Waals surface area contributed by atoms with Crippen molar-refractivity contribution in [2.45, 2.75) is 32.4 Å². The topological polar surface area (TPSA) is 48.1 Å². The molecular formula is C19H28N4. The lowest BCUT2D eigenvalue weighted by Crippen LogP contribution is -2.35. The van der Waals surface area contributed by atoms with E-state index in [0.29, 0.717) is 6.54 Å². The van der Waals surface area contributed by atoms with E-state index in [9.17, 15) is 0 Å². The molecule has 1 saturated carbocycles. The van der Waals surface area contributed by atoms with Gasteiger partial charge in [-0.2, -0.15) is 0 Å². The van der Waals surface area contributed by atoms with Crippen molar-refractivity contribution < 1.29 is 0 Å². The lowest BCUT2D eigenvalue weighted by atomic mass is 10.0. The summed E-state index contributed by atoms with van der Waals surface area (Å²) in [4.78, 5) is 0. The molecule has 23 heavy (non-hydrogen) atoms. The molecule has 1 aliphatic carbocycles. The lowest BCUT2D eigenvalue weighted by molar-refractivity contribution is 0.473. The summed E-state index contributed by atoms with van der Waals surface area (Å²) in [6.45, 7) is 12.3. The van der Waals surface area contributed by atoms with Crippen LogP contribution in [0, 0.1) is 11.8 Å². The summed E-state index contributed by atoms with van der Waals surface area (Å²) < 4.78 is 0. The number of para-hydroxylation sites is 2. The summed E-state index contributed by atoms with van der Waals surface area (Å²) in [6, 6.07) is 8.19.